The second-order valence-corrected chi connectivity index (χ2v) is 7.58. The van der Waals surface area contributed by atoms with Gasteiger partial charge in [-0.1, -0.05) is 6.07 Å². The summed E-state index contributed by atoms with van der Waals surface area (Å²) in [5.74, 6) is 1.43. The van der Waals surface area contributed by atoms with Crippen LogP contribution in [0.15, 0.2) is 34.4 Å². The first kappa shape index (κ1) is 22.3. The normalized spacial score (nSPS) is 10.5. The molecule has 1 amide bonds. The molecule has 0 saturated heterocycles. The van der Waals surface area contributed by atoms with E-state index in [4.69, 9.17) is 14.2 Å². The molecule has 0 bridgehead atoms. The van der Waals surface area contributed by atoms with Crippen molar-refractivity contribution in [2.24, 2.45) is 0 Å². The monoisotopic (exact) mass is 444 g/mol. The largest absolute Gasteiger partial charge is 0.493 e. The molecule has 164 valence electrons. The molecular formula is C21H24N4O5S. The van der Waals surface area contributed by atoms with Gasteiger partial charge in [-0.3, -0.25) is 9.59 Å². The van der Waals surface area contributed by atoms with Gasteiger partial charge in [-0.2, -0.15) is 0 Å². The minimum absolute atomic E-state index is 0.133. The first-order valence-corrected chi connectivity index (χ1v) is 10.5. The zero-order chi connectivity index (χ0) is 22.2. The van der Waals surface area contributed by atoms with Crippen molar-refractivity contribution in [3.05, 3.63) is 50.6 Å². The Hall–Kier alpha value is -3.40. The molecule has 2 heterocycles. The van der Waals surface area contributed by atoms with Crippen molar-refractivity contribution in [1.82, 2.24) is 20.5 Å². The van der Waals surface area contributed by atoms with Crippen LogP contribution in [0.3, 0.4) is 0 Å². The van der Waals surface area contributed by atoms with E-state index < -0.39 is 5.56 Å². The number of carbonyl (C=O) groups excluding carboxylic acids is 1. The number of aryl methyl sites for hydroxylation is 1. The van der Waals surface area contributed by atoms with Crippen molar-refractivity contribution in [2.45, 2.75) is 19.3 Å². The third-order valence-corrected chi connectivity index (χ3v) is 5.50. The molecule has 0 radical (unpaired) electrons. The van der Waals surface area contributed by atoms with Crippen LogP contribution in [0.4, 0.5) is 0 Å². The minimum atomic E-state index is -0.398. The summed E-state index contributed by atoms with van der Waals surface area (Å²) in [7, 11) is 4.52. The molecule has 0 unspecified atom stereocenters. The lowest BCUT2D eigenvalue weighted by atomic mass is 10.1. The van der Waals surface area contributed by atoms with Gasteiger partial charge in [0.1, 0.15) is 5.69 Å². The fourth-order valence-corrected chi connectivity index (χ4v) is 3.68. The minimum Gasteiger partial charge on any atom is -0.493 e. The summed E-state index contributed by atoms with van der Waals surface area (Å²) < 4.78 is 16.0. The van der Waals surface area contributed by atoms with Crippen LogP contribution < -0.4 is 25.1 Å². The number of aromatic amines is 1. The molecule has 0 aliphatic heterocycles. The number of nitrogens with zero attached hydrogens (tertiary/aromatic N) is 2. The number of amides is 1. The Morgan fingerprint density at radius 2 is 1.84 bits per heavy atom. The molecule has 3 aromatic rings. The van der Waals surface area contributed by atoms with Gasteiger partial charge < -0.3 is 24.5 Å². The molecule has 31 heavy (non-hydrogen) atoms. The maximum Gasteiger partial charge on any atom is 0.273 e. The Balaban J connectivity index is 1.65. The highest BCUT2D eigenvalue weighted by Crippen LogP contribution is 2.40. The van der Waals surface area contributed by atoms with Gasteiger partial charge in [-0.25, -0.2) is 0 Å². The van der Waals surface area contributed by atoms with E-state index in [1.807, 2.05) is 17.5 Å². The van der Waals surface area contributed by atoms with Gasteiger partial charge in [0.25, 0.3) is 5.56 Å². The van der Waals surface area contributed by atoms with Crippen molar-refractivity contribution in [2.75, 3.05) is 27.9 Å². The average Bonchev–Trinajstić information content (AvgIpc) is 3.30. The summed E-state index contributed by atoms with van der Waals surface area (Å²) >= 11 is 1.66. The third kappa shape index (κ3) is 5.60. The van der Waals surface area contributed by atoms with E-state index in [2.05, 4.69) is 20.5 Å². The summed E-state index contributed by atoms with van der Waals surface area (Å²) in [4.78, 5) is 28.4. The maximum atomic E-state index is 12.5. The molecule has 0 spiro atoms. The van der Waals surface area contributed by atoms with Gasteiger partial charge in [-0.05, 0) is 30.0 Å². The predicted molar refractivity (Wildman–Crippen MR) is 117 cm³/mol. The van der Waals surface area contributed by atoms with Crippen LogP contribution in [0, 0.1) is 0 Å². The Morgan fingerprint density at radius 1 is 1.10 bits per heavy atom. The van der Waals surface area contributed by atoms with Crippen LogP contribution in [0.25, 0.3) is 11.4 Å². The van der Waals surface area contributed by atoms with E-state index in [1.165, 1.54) is 26.2 Å². The van der Waals surface area contributed by atoms with E-state index in [0.717, 1.165) is 6.42 Å². The van der Waals surface area contributed by atoms with Gasteiger partial charge in [0.15, 0.2) is 17.3 Å². The topological polar surface area (TPSA) is 115 Å². The summed E-state index contributed by atoms with van der Waals surface area (Å²) in [5, 5.41) is 13.0. The first-order chi connectivity index (χ1) is 15.0. The molecule has 0 aliphatic rings. The second kappa shape index (κ2) is 10.6. The fourth-order valence-electron chi connectivity index (χ4n) is 2.97. The number of aromatic nitrogens is 3. The van der Waals surface area contributed by atoms with E-state index >= 15 is 0 Å². The summed E-state index contributed by atoms with van der Waals surface area (Å²) in [5.41, 5.74) is 0.353. The number of nitrogens with one attached hydrogen (secondary N) is 2. The fraction of sp³-hybridized carbons (Fsp3) is 0.333. The molecule has 0 fully saturated rings. The van der Waals surface area contributed by atoms with Gasteiger partial charge in [0.2, 0.25) is 11.7 Å². The Morgan fingerprint density at radius 3 is 2.42 bits per heavy atom. The number of hydrogen-bond acceptors (Lipinski definition) is 8. The Kier molecular flexibility index (Phi) is 7.60. The molecule has 2 aromatic heterocycles. The molecule has 9 nitrogen and oxygen atoms in total. The van der Waals surface area contributed by atoms with E-state index in [9.17, 15) is 9.59 Å². The Bertz CT molecular complexity index is 1060. The maximum absolute atomic E-state index is 12.5. The standard InChI is InChI=1S/C21H24N4O5S/c1-28-16-11-13(12-17(29-2)19(16)30-3)20-23-21(27)15(24-25-20)6-7-18(26)22-9-8-14-5-4-10-31-14/h4-5,10-12H,6-9H2,1-3H3,(H,22,26)(H,23,25,27). The van der Waals surface area contributed by atoms with Gasteiger partial charge in [-0.15, -0.1) is 21.5 Å². The van der Waals surface area contributed by atoms with Crippen LogP contribution in [0.1, 0.15) is 17.0 Å². The summed E-state index contributed by atoms with van der Waals surface area (Å²) in [6.45, 7) is 0.557. The lowest BCUT2D eigenvalue weighted by Gasteiger charge is -2.13. The number of rotatable bonds is 10. The van der Waals surface area contributed by atoms with Crippen molar-refractivity contribution < 1.29 is 19.0 Å². The van der Waals surface area contributed by atoms with Gasteiger partial charge in [0.05, 0.1) is 21.3 Å². The molecule has 0 saturated carbocycles. The number of hydrogen-bond donors (Lipinski definition) is 2. The quantitative estimate of drug-likeness (QED) is 0.493. The third-order valence-electron chi connectivity index (χ3n) is 4.57. The lowest BCUT2D eigenvalue weighted by molar-refractivity contribution is -0.121. The number of H-pyrrole nitrogens is 1. The molecule has 10 heteroatoms. The highest BCUT2D eigenvalue weighted by atomic mass is 32.1. The molecule has 0 atom stereocenters. The van der Waals surface area contributed by atoms with Crippen LogP contribution in [0.5, 0.6) is 17.2 Å². The van der Waals surface area contributed by atoms with Crippen molar-refractivity contribution in [3.8, 4) is 28.6 Å². The SMILES string of the molecule is COc1cc(-c2nnc(CCC(=O)NCCc3cccs3)c(=O)[nH]2)cc(OC)c1OC. The molecule has 1 aromatic carbocycles. The average molecular weight is 445 g/mol. The van der Waals surface area contributed by atoms with E-state index in [1.54, 1.807) is 23.5 Å². The highest BCUT2D eigenvalue weighted by molar-refractivity contribution is 7.09. The van der Waals surface area contributed by atoms with Crippen molar-refractivity contribution >= 4 is 17.2 Å². The van der Waals surface area contributed by atoms with Crippen LogP contribution in [-0.4, -0.2) is 49.0 Å². The molecule has 3 rings (SSSR count). The van der Waals surface area contributed by atoms with Crippen molar-refractivity contribution in [3.63, 3.8) is 0 Å². The summed E-state index contributed by atoms with van der Waals surface area (Å²) in [6, 6.07) is 7.35. The summed E-state index contributed by atoms with van der Waals surface area (Å²) in [6.07, 6.45) is 1.14. The molecule has 0 aliphatic carbocycles. The van der Waals surface area contributed by atoms with Crippen molar-refractivity contribution in [1.29, 1.82) is 0 Å². The lowest BCUT2D eigenvalue weighted by Crippen LogP contribution is -2.27. The predicted octanol–water partition coefficient (Wildman–Crippen LogP) is 2.21. The van der Waals surface area contributed by atoms with E-state index in [0.29, 0.717) is 29.4 Å². The first-order valence-electron chi connectivity index (χ1n) is 9.61. The number of methoxy groups -OCH3 is 3. The number of benzene rings is 1. The Labute approximate surface area is 183 Å². The zero-order valence-electron chi connectivity index (χ0n) is 17.6. The second-order valence-electron chi connectivity index (χ2n) is 6.54. The number of ether oxygens (including phenoxy) is 3. The van der Waals surface area contributed by atoms with Gasteiger partial charge in [0, 0.05) is 29.8 Å². The number of thiophene rings is 1. The zero-order valence-corrected chi connectivity index (χ0v) is 18.4. The van der Waals surface area contributed by atoms with Crippen LogP contribution >= 0.6 is 11.3 Å². The van der Waals surface area contributed by atoms with Crippen LogP contribution in [0.2, 0.25) is 0 Å². The van der Waals surface area contributed by atoms with Crippen LogP contribution in [-0.2, 0) is 17.6 Å². The molecule has 2 N–H and O–H groups in total. The van der Waals surface area contributed by atoms with Gasteiger partial charge >= 0.3 is 0 Å². The highest BCUT2D eigenvalue weighted by Gasteiger charge is 2.16. The smallest absolute Gasteiger partial charge is 0.273 e. The van der Waals surface area contributed by atoms with E-state index in [-0.39, 0.29) is 30.3 Å². The molecular weight excluding hydrogens is 420 g/mol. The number of carbonyl (C=O) groups is 1.